The molecule has 0 spiro atoms. The van der Waals surface area contributed by atoms with Crippen molar-refractivity contribution in [3.05, 3.63) is 17.5 Å². The van der Waals surface area contributed by atoms with Crippen LogP contribution in [0.2, 0.25) is 0 Å². The average molecular weight is 287 g/mol. The summed E-state index contributed by atoms with van der Waals surface area (Å²) >= 11 is 0. The van der Waals surface area contributed by atoms with Crippen LogP contribution in [0.4, 0.5) is 5.95 Å². The molecule has 0 aromatic carbocycles. The average Bonchev–Trinajstić information content (AvgIpc) is 2.98. The molecule has 2 aliphatic rings. The van der Waals surface area contributed by atoms with Crippen molar-refractivity contribution in [1.82, 2.24) is 29.5 Å². The highest BCUT2D eigenvalue weighted by Crippen LogP contribution is 2.36. The maximum Gasteiger partial charge on any atom is 0.227 e. The molecule has 2 aromatic heterocycles. The Morgan fingerprint density at radius 1 is 1.19 bits per heavy atom. The molecule has 0 amide bonds. The molecular formula is C14H21N7. The molecule has 0 saturated heterocycles. The first-order valence-electron chi connectivity index (χ1n) is 7.84. The van der Waals surface area contributed by atoms with Crippen LogP contribution in [0.15, 0.2) is 0 Å². The van der Waals surface area contributed by atoms with Crippen molar-refractivity contribution in [3.63, 3.8) is 0 Å². The van der Waals surface area contributed by atoms with Crippen LogP contribution in [-0.2, 0) is 19.6 Å². The van der Waals surface area contributed by atoms with Crippen molar-refractivity contribution < 1.29 is 0 Å². The Kier molecular flexibility index (Phi) is 2.94. The van der Waals surface area contributed by atoms with Gasteiger partial charge in [-0.1, -0.05) is 6.42 Å². The van der Waals surface area contributed by atoms with Crippen LogP contribution in [-0.4, -0.2) is 36.1 Å². The number of rotatable bonds is 3. The molecule has 3 heterocycles. The number of hydrogen-bond donors (Lipinski definition) is 0. The summed E-state index contributed by atoms with van der Waals surface area (Å²) in [6.07, 6.45) is 3.83. The van der Waals surface area contributed by atoms with Crippen LogP contribution in [0.1, 0.15) is 49.6 Å². The van der Waals surface area contributed by atoms with Crippen molar-refractivity contribution in [2.75, 3.05) is 11.4 Å². The number of aryl methyl sites for hydroxylation is 1. The lowest BCUT2D eigenvalue weighted by atomic mass is 9.85. The molecule has 1 saturated carbocycles. The number of hydrogen-bond acceptors (Lipinski definition) is 5. The zero-order chi connectivity index (χ0) is 14.4. The summed E-state index contributed by atoms with van der Waals surface area (Å²) in [6, 6.07) is 0. The van der Waals surface area contributed by atoms with E-state index in [-0.39, 0.29) is 0 Å². The molecule has 7 nitrogen and oxygen atoms in total. The molecule has 1 aliphatic heterocycles. The highest BCUT2D eigenvalue weighted by atomic mass is 15.5. The van der Waals surface area contributed by atoms with E-state index in [0.29, 0.717) is 5.92 Å². The van der Waals surface area contributed by atoms with Gasteiger partial charge >= 0.3 is 0 Å². The third-order valence-corrected chi connectivity index (χ3v) is 4.60. The maximum atomic E-state index is 4.50. The van der Waals surface area contributed by atoms with E-state index < -0.39 is 0 Å². The van der Waals surface area contributed by atoms with Gasteiger partial charge in [0.15, 0.2) is 0 Å². The summed E-state index contributed by atoms with van der Waals surface area (Å²) in [5.41, 5.74) is 0. The Morgan fingerprint density at radius 3 is 2.76 bits per heavy atom. The highest BCUT2D eigenvalue weighted by molar-refractivity contribution is 5.33. The molecular weight excluding hydrogens is 266 g/mol. The van der Waals surface area contributed by atoms with Gasteiger partial charge in [0.25, 0.3) is 0 Å². The van der Waals surface area contributed by atoms with Crippen LogP contribution in [0.5, 0.6) is 0 Å². The largest absolute Gasteiger partial charge is 0.332 e. The lowest BCUT2D eigenvalue weighted by Crippen LogP contribution is -2.36. The molecule has 112 valence electrons. The van der Waals surface area contributed by atoms with Gasteiger partial charge < -0.3 is 4.90 Å². The van der Waals surface area contributed by atoms with Gasteiger partial charge in [0.2, 0.25) is 5.95 Å². The Hall–Kier alpha value is -1.92. The zero-order valence-corrected chi connectivity index (χ0v) is 12.7. The molecule has 1 fully saturated rings. The van der Waals surface area contributed by atoms with Gasteiger partial charge in [0.1, 0.15) is 17.5 Å². The Labute approximate surface area is 124 Å². The molecule has 2 aromatic rings. The molecule has 0 N–H and O–H groups in total. The summed E-state index contributed by atoms with van der Waals surface area (Å²) in [6.45, 7) is 7.59. The minimum absolute atomic E-state index is 0.613. The normalized spacial score (nSPS) is 18.7. The van der Waals surface area contributed by atoms with Crippen LogP contribution in [0.25, 0.3) is 0 Å². The fourth-order valence-electron chi connectivity index (χ4n) is 3.24. The number of aromatic nitrogens is 6. The second-order valence-electron chi connectivity index (χ2n) is 5.95. The van der Waals surface area contributed by atoms with E-state index in [2.05, 4.69) is 36.7 Å². The first kappa shape index (κ1) is 12.8. The van der Waals surface area contributed by atoms with Crippen molar-refractivity contribution in [2.24, 2.45) is 0 Å². The van der Waals surface area contributed by atoms with Crippen molar-refractivity contribution >= 4 is 5.95 Å². The second-order valence-corrected chi connectivity index (χ2v) is 5.95. The van der Waals surface area contributed by atoms with Gasteiger partial charge in [-0.2, -0.15) is 5.10 Å². The molecule has 21 heavy (non-hydrogen) atoms. The third kappa shape index (κ3) is 2.02. The summed E-state index contributed by atoms with van der Waals surface area (Å²) in [5.74, 6) is 4.64. The van der Waals surface area contributed by atoms with Gasteiger partial charge in [-0.15, -0.1) is 10.2 Å². The van der Waals surface area contributed by atoms with E-state index in [0.717, 1.165) is 43.8 Å². The van der Waals surface area contributed by atoms with E-state index >= 15 is 0 Å². The molecule has 1 aliphatic carbocycles. The van der Waals surface area contributed by atoms with Crippen LogP contribution in [0, 0.1) is 6.92 Å². The van der Waals surface area contributed by atoms with Gasteiger partial charge in [0, 0.05) is 19.0 Å². The van der Waals surface area contributed by atoms with E-state index in [1.807, 2.05) is 11.6 Å². The second kappa shape index (κ2) is 4.82. The Morgan fingerprint density at radius 2 is 2.05 bits per heavy atom. The molecule has 0 bridgehead atoms. The Balaban J connectivity index is 1.63. The van der Waals surface area contributed by atoms with Crippen molar-refractivity contribution in [1.29, 1.82) is 0 Å². The van der Waals surface area contributed by atoms with Crippen LogP contribution >= 0.6 is 0 Å². The monoisotopic (exact) mass is 287 g/mol. The van der Waals surface area contributed by atoms with E-state index in [1.54, 1.807) is 0 Å². The van der Waals surface area contributed by atoms with Crippen molar-refractivity contribution in [2.45, 2.75) is 58.7 Å². The molecule has 7 heteroatoms. The standard InChI is InChI=1S/C14H21N7/c1-3-20-13(11-5-4-6-11)16-17-14(20)19-7-8-21-12(9-19)15-10(2)18-21/h11H,3-9H2,1-2H3. The summed E-state index contributed by atoms with van der Waals surface area (Å²) in [4.78, 5) is 6.78. The van der Waals surface area contributed by atoms with E-state index in [1.165, 1.54) is 25.1 Å². The molecule has 0 atom stereocenters. The third-order valence-electron chi connectivity index (χ3n) is 4.60. The summed E-state index contributed by atoms with van der Waals surface area (Å²) < 4.78 is 4.29. The Bertz CT molecular complexity index is 652. The minimum atomic E-state index is 0.613. The smallest absolute Gasteiger partial charge is 0.227 e. The zero-order valence-electron chi connectivity index (χ0n) is 12.7. The first-order chi connectivity index (χ1) is 10.3. The van der Waals surface area contributed by atoms with E-state index in [4.69, 9.17) is 0 Å². The predicted octanol–water partition coefficient (Wildman–Crippen LogP) is 1.49. The molecule has 0 unspecified atom stereocenters. The fraction of sp³-hybridized carbons (Fsp3) is 0.714. The van der Waals surface area contributed by atoms with Gasteiger partial charge in [-0.3, -0.25) is 4.57 Å². The van der Waals surface area contributed by atoms with Gasteiger partial charge in [-0.25, -0.2) is 9.67 Å². The first-order valence-corrected chi connectivity index (χ1v) is 7.84. The number of fused-ring (bicyclic) bond motifs is 1. The summed E-state index contributed by atoms with van der Waals surface area (Å²) in [7, 11) is 0. The SMILES string of the molecule is CCn1c(C2CCC2)nnc1N1CCn2nc(C)nc2C1. The lowest BCUT2D eigenvalue weighted by molar-refractivity contribution is 0.387. The number of anilines is 1. The fourth-order valence-corrected chi connectivity index (χ4v) is 3.24. The topological polar surface area (TPSA) is 64.7 Å². The van der Waals surface area contributed by atoms with Crippen LogP contribution < -0.4 is 4.90 Å². The summed E-state index contributed by atoms with van der Waals surface area (Å²) in [5, 5.41) is 13.4. The highest BCUT2D eigenvalue weighted by Gasteiger charge is 2.29. The quantitative estimate of drug-likeness (QED) is 0.855. The molecule has 4 rings (SSSR count). The van der Waals surface area contributed by atoms with E-state index in [9.17, 15) is 0 Å². The van der Waals surface area contributed by atoms with Crippen LogP contribution in [0.3, 0.4) is 0 Å². The molecule has 0 radical (unpaired) electrons. The maximum absolute atomic E-state index is 4.50. The van der Waals surface area contributed by atoms with Gasteiger partial charge in [-0.05, 0) is 26.7 Å². The predicted molar refractivity (Wildman–Crippen MR) is 78.1 cm³/mol. The van der Waals surface area contributed by atoms with Crippen molar-refractivity contribution in [3.8, 4) is 0 Å². The minimum Gasteiger partial charge on any atom is -0.332 e. The lowest BCUT2D eigenvalue weighted by Gasteiger charge is -2.29. The number of nitrogens with zero attached hydrogens (tertiary/aromatic N) is 7. The van der Waals surface area contributed by atoms with Gasteiger partial charge in [0.05, 0.1) is 13.1 Å².